The van der Waals surface area contributed by atoms with Gasteiger partial charge in [-0.3, -0.25) is 4.79 Å². The van der Waals surface area contributed by atoms with Crippen molar-refractivity contribution in [2.45, 2.75) is 18.2 Å². The van der Waals surface area contributed by atoms with Crippen LogP contribution in [0, 0.1) is 6.92 Å². The van der Waals surface area contributed by atoms with E-state index in [0.29, 0.717) is 5.69 Å². The molecule has 0 saturated carbocycles. The van der Waals surface area contributed by atoms with Crippen molar-refractivity contribution in [2.75, 3.05) is 10.0 Å². The third kappa shape index (κ3) is 4.23. The Morgan fingerprint density at radius 2 is 1.81 bits per heavy atom. The molecule has 2 N–H and O–H groups in total. The van der Waals surface area contributed by atoms with Gasteiger partial charge in [0.15, 0.2) is 5.65 Å². The van der Waals surface area contributed by atoms with E-state index in [-0.39, 0.29) is 33.4 Å². The summed E-state index contributed by atoms with van der Waals surface area (Å²) >= 11 is 0. The summed E-state index contributed by atoms with van der Waals surface area (Å²) in [6, 6.07) is 8.08. The number of nitrogens with one attached hydrogen (secondary N) is 2. The van der Waals surface area contributed by atoms with Crippen molar-refractivity contribution in [1.29, 1.82) is 0 Å². The number of alkyl halides is 2. The maximum atomic E-state index is 13.3. The Hall–Kier alpha value is -4.00. The fourth-order valence-corrected chi connectivity index (χ4v) is 3.83. The third-order valence-electron chi connectivity index (χ3n) is 4.31. The van der Waals surface area contributed by atoms with Gasteiger partial charge in [-0.1, -0.05) is 0 Å². The number of rotatable bonds is 6. The number of sulfonamides is 1. The largest absolute Gasteiger partial charge is 0.322 e. The minimum absolute atomic E-state index is 0.00445. The molecule has 0 aliphatic carbocycles. The van der Waals surface area contributed by atoms with Crippen molar-refractivity contribution in [2.24, 2.45) is 0 Å². The number of anilines is 2. The molecule has 4 aromatic rings. The zero-order valence-corrected chi connectivity index (χ0v) is 17.2. The number of nitrogens with zero attached hydrogens (tertiary/aromatic N) is 5. The summed E-state index contributed by atoms with van der Waals surface area (Å²) in [6.45, 7) is 1.54. The molecule has 10 nitrogen and oxygen atoms in total. The van der Waals surface area contributed by atoms with Crippen molar-refractivity contribution in [3.05, 3.63) is 71.9 Å². The molecule has 32 heavy (non-hydrogen) atoms. The van der Waals surface area contributed by atoms with Gasteiger partial charge in [0.25, 0.3) is 22.4 Å². The summed E-state index contributed by atoms with van der Waals surface area (Å²) in [5.74, 6) is -0.714. The second-order valence-electron chi connectivity index (χ2n) is 6.57. The van der Waals surface area contributed by atoms with Gasteiger partial charge in [0, 0.05) is 23.8 Å². The van der Waals surface area contributed by atoms with Gasteiger partial charge in [0.05, 0.1) is 11.1 Å². The van der Waals surface area contributed by atoms with Crippen molar-refractivity contribution in [3.8, 4) is 0 Å². The first-order valence-corrected chi connectivity index (χ1v) is 10.6. The second-order valence-corrected chi connectivity index (χ2v) is 8.26. The number of carbonyl (C=O) groups excluding carboxylic acids is 1. The monoisotopic (exact) mass is 459 g/mol. The number of hydrogen-bond donors (Lipinski definition) is 2. The number of halogens is 2. The predicted octanol–water partition coefficient (Wildman–Crippen LogP) is 2.82. The minimum atomic E-state index is -3.93. The molecule has 4 rings (SSSR count). The Bertz CT molecular complexity index is 1390. The van der Waals surface area contributed by atoms with Crippen LogP contribution in [0.4, 0.5) is 20.4 Å². The van der Waals surface area contributed by atoms with E-state index in [9.17, 15) is 22.0 Å². The van der Waals surface area contributed by atoms with E-state index in [0.717, 1.165) is 10.7 Å². The predicted molar refractivity (Wildman–Crippen MR) is 110 cm³/mol. The van der Waals surface area contributed by atoms with Gasteiger partial charge in [-0.25, -0.2) is 41.4 Å². The van der Waals surface area contributed by atoms with Crippen LogP contribution in [0.5, 0.6) is 0 Å². The molecule has 3 heterocycles. The van der Waals surface area contributed by atoms with E-state index in [1.807, 2.05) is 0 Å². The molecule has 0 spiro atoms. The van der Waals surface area contributed by atoms with Crippen LogP contribution in [0.25, 0.3) is 5.65 Å². The molecule has 0 radical (unpaired) electrons. The first-order valence-electron chi connectivity index (χ1n) is 9.09. The lowest BCUT2D eigenvalue weighted by molar-refractivity contribution is 0.102. The van der Waals surface area contributed by atoms with Crippen LogP contribution < -0.4 is 10.0 Å². The number of aryl methyl sites for hydroxylation is 1. The molecule has 0 aliphatic rings. The highest BCUT2D eigenvalue weighted by Gasteiger charge is 2.21. The summed E-state index contributed by atoms with van der Waals surface area (Å²) in [7, 11) is -3.93. The molecule has 13 heteroatoms. The summed E-state index contributed by atoms with van der Waals surface area (Å²) in [6.07, 6.45) is 1.14. The average molecular weight is 459 g/mol. The smallest absolute Gasteiger partial charge is 0.280 e. The average Bonchev–Trinajstić information content (AvgIpc) is 3.17. The number of fused-ring (bicyclic) bond motifs is 1. The number of carbonyl (C=O) groups is 1. The highest BCUT2D eigenvalue weighted by Crippen LogP contribution is 2.23. The molecule has 0 atom stereocenters. The molecular formula is C19H15F2N7O3S. The molecule has 3 aromatic heterocycles. The zero-order chi connectivity index (χ0) is 22.9. The Morgan fingerprint density at radius 3 is 2.47 bits per heavy atom. The third-order valence-corrected chi connectivity index (χ3v) is 5.65. The zero-order valence-electron chi connectivity index (χ0n) is 16.4. The van der Waals surface area contributed by atoms with Gasteiger partial charge in [0.2, 0.25) is 5.95 Å². The van der Waals surface area contributed by atoms with E-state index in [1.54, 1.807) is 6.07 Å². The van der Waals surface area contributed by atoms with Crippen molar-refractivity contribution in [1.82, 2.24) is 24.6 Å². The number of aromatic nitrogens is 5. The normalized spacial score (nSPS) is 11.6. The van der Waals surface area contributed by atoms with Crippen molar-refractivity contribution >= 4 is 33.2 Å². The summed E-state index contributed by atoms with van der Waals surface area (Å²) in [5.41, 5.74) is 0.202. The summed E-state index contributed by atoms with van der Waals surface area (Å²) in [5, 5.41) is 6.42. The second kappa shape index (κ2) is 8.26. The summed E-state index contributed by atoms with van der Waals surface area (Å²) in [4.78, 5) is 24.3. The van der Waals surface area contributed by atoms with Crippen LogP contribution in [0.1, 0.15) is 28.2 Å². The van der Waals surface area contributed by atoms with Crippen LogP contribution >= 0.6 is 0 Å². The molecule has 0 fully saturated rings. The van der Waals surface area contributed by atoms with Gasteiger partial charge < -0.3 is 5.32 Å². The van der Waals surface area contributed by atoms with Crippen LogP contribution in [0.15, 0.2) is 59.9 Å². The molecule has 0 saturated heterocycles. The first-order chi connectivity index (χ1) is 15.2. The molecule has 1 amide bonds. The van der Waals surface area contributed by atoms with Gasteiger partial charge in [-0.05, 0) is 43.3 Å². The topological polar surface area (TPSA) is 131 Å². The van der Waals surface area contributed by atoms with Gasteiger partial charge in [-0.15, -0.1) is 0 Å². The van der Waals surface area contributed by atoms with Gasteiger partial charge >= 0.3 is 0 Å². The van der Waals surface area contributed by atoms with E-state index in [4.69, 9.17) is 0 Å². The maximum absolute atomic E-state index is 13.3. The lowest BCUT2D eigenvalue weighted by Crippen LogP contribution is -2.15. The molecular weight excluding hydrogens is 444 g/mol. The number of benzene rings is 1. The van der Waals surface area contributed by atoms with Crippen molar-refractivity contribution in [3.63, 3.8) is 0 Å². The van der Waals surface area contributed by atoms with Crippen LogP contribution in [0.2, 0.25) is 0 Å². The molecule has 1 aromatic carbocycles. The maximum Gasteiger partial charge on any atom is 0.280 e. The van der Waals surface area contributed by atoms with E-state index < -0.39 is 22.4 Å². The highest BCUT2D eigenvalue weighted by molar-refractivity contribution is 7.92. The minimum Gasteiger partial charge on any atom is -0.322 e. The molecule has 0 unspecified atom stereocenters. The fraction of sp³-hybridized carbons (Fsp3) is 0.105. The Kier molecular flexibility index (Phi) is 5.48. The number of amides is 1. The number of hydrogen-bond acceptors (Lipinski definition) is 7. The lowest BCUT2D eigenvalue weighted by Gasteiger charge is -2.08. The Morgan fingerprint density at radius 1 is 1.12 bits per heavy atom. The lowest BCUT2D eigenvalue weighted by atomic mass is 10.2. The summed E-state index contributed by atoms with van der Waals surface area (Å²) < 4.78 is 54.5. The molecule has 0 bridgehead atoms. The van der Waals surface area contributed by atoms with Crippen LogP contribution in [-0.4, -0.2) is 38.9 Å². The van der Waals surface area contributed by atoms with Crippen molar-refractivity contribution < 1.29 is 22.0 Å². The van der Waals surface area contributed by atoms with E-state index in [1.165, 1.54) is 49.6 Å². The SMILES string of the molecule is Cc1cc(C(F)F)n2ncc(C(=O)Nc3ccc(S(=O)(=O)Nc4ncccn4)cc3)c2n1. The van der Waals surface area contributed by atoms with Gasteiger partial charge in [-0.2, -0.15) is 5.10 Å². The van der Waals surface area contributed by atoms with Crippen LogP contribution in [0.3, 0.4) is 0 Å². The van der Waals surface area contributed by atoms with E-state index >= 15 is 0 Å². The quantitative estimate of drug-likeness (QED) is 0.453. The Balaban J connectivity index is 1.55. The molecule has 0 aliphatic heterocycles. The first kappa shape index (κ1) is 21.2. The highest BCUT2D eigenvalue weighted by atomic mass is 32.2. The molecule has 164 valence electrons. The Labute approximate surface area is 180 Å². The fourth-order valence-electron chi connectivity index (χ4n) is 2.88. The van der Waals surface area contributed by atoms with Gasteiger partial charge in [0.1, 0.15) is 11.3 Å². The van der Waals surface area contributed by atoms with E-state index in [2.05, 4.69) is 30.1 Å². The van der Waals surface area contributed by atoms with Crippen LogP contribution in [-0.2, 0) is 10.0 Å². The standard InChI is InChI=1S/C19H15F2N7O3S/c1-11-9-15(16(20)21)28-17(25-11)14(10-24-28)18(29)26-12-3-5-13(6-4-12)32(30,31)27-19-22-7-2-8-23-19/h2-10,16H,1H3,(H,26,29)(H,22,23,27).